The van der Waals surface area contributed by atoms with Crippen LogP contribution in [0.1, 0.15) is 10.4 Å². The maximum Gasteiger partial charge on any atom is 0.254 e. The summed E-state index contributed by atoms with van der Waals surface area (Å²) in [4.78, 5) is 14.6. The van der Waals surface area contributed by atoms with Crippen LogP contribution in [0.5, 0.6) is 5.75 Å². The predicted molar refractivity (Wildman–Crippen MR) is 114 cm³/mol. The largest absolute Gasteiger partial charge is 0.497 e. The number of hydrogen-bond acceptors (Lipinski definition) is 4. The molecular formula is C23H22ClNO4. The average molecular weight is 412 g/mol. The molecule has 0 radical (unpaired) electrons. The number of carbonyl (C=O) groups excluding carboxylic acids is 1. The van der Waals surface area contributed by atoms with Crippen molar-refractivity contribution in [1.82, 2.24) is 4.90 Å². The van der Waals surface area contributed by atoms with Crippen molar-refractivity contribution < 1.29 is 19.4 Å². The molecule has 3 aromatic carbocycles. The molecule has 1 aliphatic rings. The molecule has 0 bridgehead atoms. The summed E-state index contributed by atoms with van der Waals surface area (Å²) in [5, 5.41) is 11.9. The molecule has 0 aliphatic carbocycles. The fourth-order valence-electron chi connectivity index (χ4n) is 3.60. The zero-order valence-electron chi connectivity index (χ0n) is 16.1. The summed E-state index contributed by atoms with van der Waals surface area (Å²) in [7, 11) is 1.61. The maximum atomic E-state index is 12.9. The number of aliphatic hydroxyl groups is 1. The zero-order valence-corrected chi connectivity index (χ0v) is 16.9. The Hall–Kier alpha value is -2.60. The van der Waals surface area contributed by atoms with E-state index in [9.17, 15) is 9.90 Å². The van der Waals surface area contributed by atoms with Crippen LogP contribution in [0.25, 0.3) is 21.9 Å². The lowest BCUT2D eigenvalue weighted by atomic mass is 9.99. The SMILES string of the molecule is COc1ccc(-c2ccc3cc(C(=O)N4CCO[C@H](CO)C4)ccc3c2)c(Cl)c1. The molecule has 1 saturated heterocycles. The lowest BCUT2D eigenvalue weighted by molar-refractivity contribution is -0.0447. The Morgan fingerprint density at radius 3 is 2.72 bits per heavy atom. The molecule has 1 atom stereocenters. The van der Waals surface area contributed by atoms with E-state index in [4.69, 9.17) is 21.1 Å². The monoisotopic (exact) mass is 411 g/mol. The lowest BCUT2D eigenvalue weighted by Crippen LogP contribution is -2.46. The lowest BCUT2D eigenvalue weighted by Gasteiger charge is -2.32. The molecule has 0 saturated carbocycles. The van der Waals surface area contributed by atoms with Crippen LogP contribution >= 0.6 is 11.6 Å². The third-order valence-electron chi connectivity index (χ3n) is 5.20. The first-order chi connectivity index (χ1) is 14.1. The molecule has 4 rings (SSSR count). The minimum absolute atomic E-state index is 0.0454. The molecule has 0 spiro atoms. The Morgan fingerprint density at radius 2 is 1.97 bits per heavy atom. The number of halogens is 1. The number of carbonyl (C=O) groups is 1. The molecule has 0 aromatic heterocycles. The Bertz CT molecular complexity index is 1050. The van der Waals surface area contributed by atoms with Crippen LogP contribution < -0.4 is 4.74 Å². The normalized spacial score (nSPS) is 16.8. The number of ether oxygens (including phenoxy) is 2. The minimum Gasteiger partial charge on any atom is -0.497 e. The van der Waals surface area contributed by atoms with Crippen LogP contribution in [0.2, 0.25) is 5.02 Å². The van der Waals surface area contributed by atoms with Gasteiger partial charge in [0.2, 0.25) is 0 Å². The number of fused-ring (bicyclic) bond motifs is 1. The van der Waals surface area contributed by atoms with E-state index in [1.54, 1.807) is 18.1 Å². The summed E-state index contributed by atoms with van der Waals surface area (Å²) in [6.07, 6.45) is -0.315. The van der Waals surface area contributed by atoms with Gasteiger partial charge in [-0.15, -0.1) is 0 Å². The molecule has 1 amide bonds. The summed E-state index contributed by atoms with van der Waals surface area (Å²) in [6.45, 7) is 1.29. The molecule has 1 heterocycles. The van der Waals surface area contributed by atoms with Crippen molar-refractivity contribution >= 4 is 28.3 Å². The Balaban J connectivity index is 1.61. The summed E-state index contributed by atoms with van der Waals surface area (Å²) < 4.78 is 10.6. The van der Waals surface area contributed by atoms with Gasteiger partial charge >= 0.3 is 0 Å². The van der Waals surface area contributed by atoms with Crippen molar-refractivity contribution in [3.05, 3.63) is 65.2 Å². The topological polar surface area (TPSA) is 59.0 Å². The van der Waals surface area contributed by atoms with Crippen molar-refractivity contribution in [2.45, 2.75) is 6.10 Å². The van der Waals surface area contributed by atoms with Gasteiger partial charge in [0.15, 0.2) is 0 Å². The first-order valence-corrected chi connectivity index (χ1v) is 9.86. The smallest absolute Gasteiger partial charge is 0.254 e. The standard InChI is InChI=1S/C23H22ClNO4/c1-28-19-6-7-21(22(24)12-19)17-4-2-16-11-18(5-3-15(16)10-17)23(27)25-8-9-29-20(13-25)14-26/h2-7,10-12,20,26H,8-9,13-14H2,1H3/t20-/m0/s1. The summed E-state index contributed by atoms with van der Waals surface area (Å²) in [5.41, 5.74) is 2.56. The van der Waals surface area contributed by atoms with Crippen molar-refractivity contribution in [2.75, 3.05) is 33.4 Å². The highest BCUT2D eigenvalue weighted by Gasteiger charge is 2.24. The zero-order chi connectivity index (χ0) is 20.4. The van der Waals surface area contributed by atoms with Gasteiger partial charge in [-0.05, 0) is 52.7 Å². The van der Waals surface area contributed by atoms with Crippen molar-refractivity contribution in [3.63, 3.8) is 0 Å². The van der Waals surface area contributed by atoms with Gasteiger partial charge in [-0.3, -0.25) is 4.79 Å². The molecule has 5 nitrogen and oxygen atoms in total. The number of amides is 1. The van der Waals surface area contributed by atoms with Gasteiger partial charge in [-0.1, -0.05) is 29.8 Å². The third kappa shape index (κ3) is 4.08. The van der Waals surface area contributed by atoms with Crippen molar-refractivity contribution in [2.24, 2.45) is 0 Å². The van der Waals surface area contributed by atoms with Gasteiger partial charge < -0.3 is 19.5 Å². The Kier molecular flexibility index (Phi) is 5.72. The van der Waals surface area contributed by atoms with E-state index in [1.165, 1.54) is 0 Å². The van der Waals surface area contributed by atoms with Crippen molar-refractivity contribution in [1.29, 1.82) is 0 Å². The highest BCUT2D eigenvalue weighted by atomic mass is 35.5. The molecule has 1 aliphatic heterocycles. The van der Waals surface area contributed by atoms with Gasteiger partial charge in [0, 0.05) is 24.2 Å². The molecule has 29 heavy (non-hydrogen) atoms. The van der Waals surface area contributed by atoms with Crippen LogP contribution in [0.3, 0.4) is 0 Å². The predicted octanol–water partition coefficient (Wildman–Crippen LogP) is 4.00. The first-order valence-electron chi connectivity index (χ1n) is 9.48. The van der Waals surface area contributed by atoms with E-state index >= 15 is 0 Å². The van der Waals surface area contributed by atoms with Crippen LogP contribution in [0.4, 0.5) is 0 Å². The minimum atomic E-state index is -0.315. The fraction of sp³-hybridized carbons (Fsp3) is 0.261. The van der Waals surface area contributed by atoms with Gasteiger partial charge in [-0.25, -0.2) is 0 Å². The summed E-state index contributed by atoms with van der Waals surface area (Å²) in [6, 6.07) is 17.4. The number of aliphatic hydroxyl groups excluding tert-OH is 1. The van der Waals surface area contributed by atoms with Crippen LogP contribution in [0.15, 0.2) is 54.6 Å². The van der Waals surface area contributed by atoms with E-state index in [1.807, 2.05) is 42.5 Å². The number of nitrogens with zero attached hydrogens (tertiary/aromatic N) is 1. The first kappa shape index (κ1) is 19.7. The van der Waals surface area contributed by atoms with Gasteiger partial charge in [-0.2, -0.15) is 0 Å². The molecule has 6 heteroatoms. The average Bonchev–Trinajstić information content (AvgIpc) is 2.77. The molecule has 3 aromatic rings. The molecule has 1 fully saturated rings. The van der Waals surface area contributed by atoms with E-state index in [2.05, 4.69) is 6.07 Å². The quantitative estimate of drug-likeness (QED) is 0.705. The number of rotatable bonds is 4. The van der Waals surface area contributed by atoms with Crippen LogP contribution in [-0.2, 0) is 4.74 Å². The van der Waals surface area contributed by atoms with E-state index in [-0.39, 0.29) is 18.6 Å². The highest BCUT2D eigenvalue weighted by Crippen LogP contribution is 2.33. The second-order valence-corrected chi connectivity index (χ2v) is 7.46. The molecule has 0 unspecified atom stereocenters. The Labute approximate surface area is 174 Å². The van der Waals surface area contributed by atoms with E-state index in [0.717, 1.165) is 21.9 Å². The second kappa shape index (κ2) is 8.41. The molecule has 1 N–H and O–H groups in total. The van der Waals surface area contributed by atoms with Crippen LogP contribution in [0, 0.1) is 0 Å². The van der Waals surface area contributed by atoms with Gasteiger partial charge in [0.25, 0.3) is 5.91 Å². The third-order valence-corrected chi connectivity index (χ3v) is 5.52. The fourth-order valence-corrected chi connectivity index (χ4v) is 3.88. The highest BCUT2D eigenvalue weighted by molar-refractivity contribution is 6.33. The van der Waals surface area contributed by atoms with Gasteiger partial charge in [0.1, 0.15) is 5.75 Å². The van der Waals surface area contributed by atoms with Gasteiger partial charge in [0.05, 0.1) is 31.5 Å². The molecular weight excluding hydrogens is 390 g/mol. The Morgan fingerprint density at radius 1 is 1.17 bits per heavy atom. The second-order valence-electron chi connectivity index (χ2n) is 7.05. The molecule has 150 valence electrons. The number of morpholine rings is 1. The number of methoxy groups -OCH3 is 1. The summed E-state index contributed by atoms with van der Waals surface area (Å²) >= 11 is 6.41. The van der Waals surface area contributed by atoms with Crippen molar-refractivity contribution in [3.8, 4) is 16.9 Å². The van der Waals surface area contributed by atoms with E-state index in [0.29, 0.717) is 36.0 Å². The number of benzene rings is 3. The number of hydrogen-bond donors (Lipinski definition) is 1. The van der Waals surface area contributed by atoms with Crippen LogP contribution in [-0.4, -0.2) is 55.4 Å². The maximum absolute atomic E-state index is 12.9. The van der Waals surface area contributed by atoms with E-state index < -0.39 is 0 Å². The summed E-state index contributed by atoms with van der Waals surface area (Å²) in [5.74, 6) is 0.671.